The largest absolute Gasteiger partial charge is 0.513 e. The number of aromatic nitrogens is 1. The number of fused-ring (bicyclic) bond motifs is 2. The van der Waals surface area contributed by atoms with E-state index in [-0.39, 0.29) is 96.8 Å². The highest BCUT2D eigenvalue weighted by Gasteiger charge is 2.34. The van der Waals surface area contributed by atoms with Crippen LogP contribution in [-0.2, 0) is 111 Å². The van der Waals surface area contributed by atoms with Crippen molar-refractivity contribution >= 4 is 104 Å². The number of nitrogens with zero attached hydrogens (tertiary/aromatic N) is 1. The summed E-state index contributed by atoms with van der Waals surface area (Å²) < 4.78 is 95.1. The number of ether oxygens (including phenoxy) is 17. The van der Waals surface area contributed by atoms with E-state index < -0.39 is 24.1 Å². The number of hydrogen-bond donors (Lipinski definition) is 0. The predicted molar refractivity (Wildman–Crippen MR) is 560 cm³/mol. The van der Waals surface area contributed by atoms with Crippen LogP contribution in [0.5, 0.6) is 28.7 Å². The van der Waals surface area contributed by atoms with Crippen molar-refractivity contribution < 1.29 is 142 Å². The lowest BCUT2D eigenvalue weighted by Gasteiger charge is -2.27. The Morgan fingerprint density at radius 1 is 0.367 bits per heavy atom. The fourth-order valence-electron chi connectivity index (χ4n) is 17.3. The standard InChI is InChI=1S/C38H43NO7S.C16H28O4.C16H28O3.C15H18O6.C15H24O5.C15H18O5/c1-4-5-6-7-24-8-17-30-29(20-24)21-33(44-30)36-39-34-31(45-37(42)27-13-9-25(10-14-27)22(2)40)18-19-32(35(34)47-36)46-38(43)28-15-11-26(12-16-28)23(3)41;1-3-16(17)20-13-7-5-4-6-12-19-15-10-8-14(18-2)9-11-15;1-3-16(17)19-13-7-5-4-6-8-14-9-11-15(18-2)12-10-14;1-3-14(16)19-10-4-5-11-20-15(17)21-13-8-6-12(18-2)7-9-13;2*1-3-14(16)19-10-4-5-11-20-15(17)12-6-8-13(18-2)9-7-12/h8,17-21,25-28H,4-7,9-16H2,1-3H3;3,14-15H,1,4-13H2,2H3;3,14-15H,1,4-13H2,2H3;3,6-9H,1,4-5,10-11H2,2H3;3,12-13H,1,4-11H2,2H3;3,6-9H,1,4-5,10-11H2,2H3. The minimum atomic E-state index is -0.775. The van der Waals surface area contributed by atoms with E-state index >= 15 is 0 Å². The van der Waals surface area contributed by atoms with E-state index in [1.807, 2.05) is 19.2 Å². The lowest BCUT2D eigenvalue weighted by atomic mass is 9.80. The maximum Gasteiger partial charge on any atom is 0.513 e. The molecule has 147 heavy (non-hydrogen) atoms. The minimum absolute atomic E-state index is 0.00886. The number of Topliss-reactive ketones (excluding diaryl/α,β-unsaturated/α-hetero) is 2. The Labute approximate surface area is 871 Å². The average Bonchev–Trinajstić information content (AvgIpc) is 1.62. The molecule has 0 spiro atoms. The van der Waals surface area contributed by atoms with Gasteiger partial charge in [-0.25, -0.2) is 38.5 Å². The molecule has 5 aliphatic rings. The SMILES string of the molecule is C=CC(=O)OCCCCCCC1CCC(OC)CC1.C=CC(=O)OCCCCCCOC1CCC(OC)CC1.C=CC(=O)OCCCCOC(=O)C1CCC(OC)CC1.C=CC(=O)OCCCCOC(=O)Oc1ccc(OC)cc1.C=CC(=O)OCCCCOC(=O)c1ccc(OC)cc1.CCCCCc1ccc2oc(-c3nc4c(OC(=O)C5CCC(C(C)=O)CC5)ccc(OC(=O)C5CCC(C(C)=O)CC5)c4s3)cc2c1. The molecule has 810 valence electrons. The average molecular weight is 2070 g/mol. The molecule has 32 heteroatoms. The molecule has 5 aliphatic carbocycles. The molecule has 31 nitrogen and oxygen atoms in total. The van der Waals surface area contributed by atoms with Gasteiger partial charge in [-0.3, -0.25) is 24.0 Å². The van der Waals surface area contributed by atoms with Gasteiger partial charge in [-0.1, -0.05) is 90.8 Å². The summed E-state index contributed by atoms with van der Waals surface area (Å²) in [6.07, 6.45) is 43.5. The number of hydrogen-bond acceptors (Lipinski definition) is 32. The Balaban J connectivity index is 0.000000284. The smallest absolute Gasteiger partial charge is 0.497 e. The normalized spacial score (nSPS) is 18.6. The molecule has 0 radical (unpaired) electrons. The van der Waals surface area contributed by atoms with E-state index in [9.17, 15) is 57.5 Å². The molecule has 0 amide bonds. The van der Waals surface area contributed by atoms with E-state index in [2.05, 4.69) is 52.0 Å². The second kappa shape index (κ2) is 73.4. The van der Waals surface area contributed by atoms with Crippen LogP contribution in [0.4, 0.5) is 4.79 Å². The number of rotatable bonds is 54. The number of furan rings is 1. The van der Waals surface area contributed by atoms with E-state index in [0.29, 0.717) is 203 Å². The maximum atomic E-state index is 13.3. The van der Waals surface area contributed by atoms with Gasteiger partial charge in [-0.2, -0.15) is 0 Å². The van der Waals surface area contributed by atoms with Crippen molar-refractivity contribution in [2.45, 2.75) is 296 Å². The predicted octanol–water partition coefficient (Wildman–Crippen LogP) is 23.5. The first-order valence-electron chi connectivity index (χ1n) is 52.2. The van der Waals surface area contributed by atoms with E-state index in [1.54, 1.807) is 103 Å². The van der Waals surface area contributed by atoms with Gasteiger partial charge in [-0.15, -0.1) is 11.3 Å². The summed E-state index contributed by atoms with van der Waals surface area (Å²) in [5.74, 6) is 0.579. The van der Waals surface area contributed by atoms with Gasteiger partial charge in [0.25, 0.3) is 0 Å². The number of aryl methyl sites for hydroxylation is 1. The number of methoxy groups -OCH3 is 5. The third-order valence-corrected chi connectivity index (χ3v) is 27.4. The van der Waals surface area contributed by atoms with Crippen LogP contribution in [-0.4, -0.2) is 196 Å². The monoisotopic (exact) mass is 2070 g/mol. The number of benzene rings is 4. The first-order valence-corrected chi connectivity index (χ1v) is 53.1. The number of unbranched alkanes of at least 4 members (excludes halogenated alkanes) is 11. The molecule has 5 fully saturated rings. The van der Waals surface area contributed by atoms with Crippen molar-refractivity contribution in [2.24, 2.45) is 35.5 Å². The van der Waals surface area contributed by atoms with E-state index in [0.717, 1.165) is 144 Å². The Bertz CT molecular complexity index is 4870. The molecule has 0 N–H and O–H groups in total. The molecule has 4 aromatic carbocycles. The highest BCUT2D eigenvalue weighted by atomic mass is 32.1. The van der Waals surface area contributed by atoms with Crippen molar-refractivity contribution in [3.05, 3.63) is 159 Å². The van der Waals surface area contributed by atoms with Crippen molar-refractivity contribution in [1.82, 2.24) is 4.98 Å². The molecule has 6 aromatic rings. The molecule has 0 unspecified atom stereocenters. The van der Waals surface area contributed by atoms with Gasteiger partial charge in [0.05, 0.1) is 115 Å². The molecule has 5 saturated carbocycles. The van der Waals surface area contributed by atoms with E-state index in [4.69, 9.17) is 89.9 Å². The lowest BCUT2D eigenvalue weighted by molar-refractivity contribution is -0.151. The van der Waals surface area contributed by atoms with Crippen LogP contribution in [0.15, 0.2) is 153 Å². The lowest BCUT2D eigenvalue weighted by Crippen LogP contribution is -2.28. The van der Waals surface area contributed by atoms with Crippen LogP contribution in [0.3, 0.4) is 0 Å². The van der Waals surface area contributed by atoms with Gasteiger partial charge >= 0.3 is 59.9 Å². The second-order valence-corrected chi connectivity index (χ2v) is 38.0. The molecule has 0 aliphatic heterocycles. The molecule has 11 rings (SSSR count). The van der Waals surface area contributed by atoms with Crippen LogP contribution < -0.4 is 23.7 Å². The van der Waals surface area contributed by atoms with Crippen LogP contribution in [0.1, 0.15) is 281 Å². The fraction of sp³-hybridized carbons (Fsp3) is 0.574. The van der Waals surface area contributed by atoms with Crippen LogP contribution in [0, 0.1) is 35.5 Å². The summed E-state index contributed by atoms with van der Waals surface area (Å²) in [5, 5.41) is 1.59. The van der Waals surface area contributed by atoms with E-state index in [1.165, 1.54) is 86.8 Å². The third kappa shape index (κ3) is 49.8. The second-order valence-electron chi connectivity index (χ2n) is 37.0. The Morgan fingerprint density at radius 3 is 1.20 bits per heavy atom. The highest BCUT2D eigenvalue weighted by Crippen LogP contribution is 2.44. The summed E-state index contributed by atoms with van der Waals surface area (Å²) in [6.45, 7) is 25.7. The summed E-state index contributed by atoms with van der Waals surface area (Å²) in [5.41, 5.74) is 2.94. The first-order chi connectivity index (χ1) is 71.2. The van der Waals surface area contributed by atoms with Crippen molar-refractivity contribution in [1.29, 1.82) is 0 Å². The molecule has 0 saturated heterocycles. The van der Waals surface area contributed by atoms with Crippen LogP contribution >= 0.6 is 11.3 Å². The van der Waals surface area contributed by atoms with Gasteiger partial charge in [0.2, 0.25) is 0 Å². The van der Waals surface area contributed by atoms with Gasteiger partial charge < -0.3 is 84.9 Å². The van der Waals surface area contributed by atoms with Gasteiger partial charge in [0, 0.05) is 75.5 Å². The van der Waals surface area contributed by atoms with Gasteiger partial charge in [-0.05, 0) is 310 Å². The minimum Gasteiger partial charge on any atom is -0.497 e. The summed E-state index contributed by atoms with van der Waals surface area (Å²) in [6, 6.07) is 24.8. The maximum absolute atomic E-state index is 13.3. The van der Waals surface area contributed by atoms with Crippen LogP contribution in [0.25, 0.3) is 32.0 Å². The van der Waals surface area contributed by atoms with Crippen molar-refractivity contribution in [2.75, 3.05) is 95.0 Å². The molecule has 0 bridgehead atoms. The zero-order valence-electron chi connectivity index (χ0n) is 87.8. The number of carbonyl (C=O) groups is 12. The Kier molecular flexibility index (Phi) is 61.9. The van der Waals surface area contributed by atoms with Crippen molar-refractivity contribution in [3.8, 4) is 39.5 Å². The Morgan fingerprint density at radius 2 is 0.748 bits per heavy atom. The molecule has 2 aromatic heterocycles. The quantitative estimate of drug-likeness (QED) is 0.00854. The summed E-state index contributed by atoms with van der Waals surface area (Å²) in [4.78, 5) is 144. The zero-order valence-corrected chi connectivity index (χ0v) is 88.6. The number of thiazole rings is 1. The van der Waals surface area contributed by atoms with Crippen molar-refractivity contribution in [3.63, 3.8) is 0 Å². The summed E-state index contributed by atoms with van der Waals surface area (Å²) in [7, 11) is 8.44. The molecule has 0 atom stereocenters. The van der Waals surface area contributed by atoms with Gasteiger partial charge in [0.1, 0.15) is 44.6 Å². The topological polar surface area (TPSA) is 388 Å². The first kappa shape index (κ1) is 124. The Hall–Kier alpha value is -11.7. The van der Waals surface area contributed by atoms with Crippen LogP contribution in [0.2, 0.25) is 0 Å². The number of esters is 9. The zero-order chi connectivity index (χ0) is 107. The fourth-order valence-corrected chi connectivity index (χ4v) is 18.3. The number of ketones is 2. The molecule has 2 heterocycles. The van der Waals surface area contributed by atoms with Gasteiger partial charge in [0.15, 0.2) is 22.3 Å². The molecular weight excluding hydrogens is 1910 g/mol. The molecular formula is C115H159NO30S. The summed E-state index contributed by atoms with van der Waals surface area (Å²) >= 11 is 1.33. The highest BCUT2D eigenvalue weighted by molar-refractivity contribution is 7.22. The third-order valence-electron chi connectivity index (χ3n) is 26.3. The number of carbonyl (C=O) groups excluding carboxylic acids is 12.